The van der Waals surface area contributed by atoms with Crippen LogP contribution in [-0.2, 0) is 13.2 Å². The molecule has 9 heteroatoms. The van der Waals surface area contributed by atoms with Crippen molar-refractivity contribution >= 4 is 12.4 Å². The maximum Gasteiger partial charge on any atom is 1.00 e. The van der Waals surface area contributed by atoms with E-state index in [0.29, 0.717) is 6.54 Å². The van der Waals surface area contributed by atoms with Crippen LogP contribution in [-0.4, -0.2) is 21.7 Å². The molecule has 0 spiro atoms. The van der Waals surface area contributed by atoms with Crippen LogP contribution >= 0.6 is 0 Å². The van der Waals surface area contributed by atoms with Gasteiger partial charge in [0.05, 0.1) is 17.6 Å². The Bertz CT molecular complexity index is 604. The van der Waals surface area contributed by atoms with Crippen LogP contribution in [0.1, 0.15) is 18.3 Å². The SMILES string of the molecule is CCn1nc(C)cc1COc1cncc([B-](F)(F)F)c1.[K+]. The summed E-state index contributed by atoms with van der Waals surface area (Å²) >= 11 is 0. The zero-order chi connectivity index (χ0) is 14.8. The van der Waals surface area contributed by atoms with Crippen molar-refractivity contribution in [1.29, 1.82) is 0 Å². The van der Waals surface area contributed by atoms with Crippen molar-refractivity contribution in [2.75, 3.05) is 0 Å². The zero-order valence-electron chi connectivity index (χ0n) is 12.2. The third-order valence-electron chi connectivity index (χ3n) is 2.78. The van der Waals surface area contributed by atoms with Crippen LogP contribution in [0.2, 0.25) is 0 Å². The van der Waals surface area contributed by atoms with Crippen molar-refractivity contribution in [3.8, 4) is 5.75 Å². The zero-order valence-corrected chi connectivity index (χ0v) is 15.3. The van der Waals surface area contributed by atoms with Gasteiger partial charge < -0.3 is 17.7 Å². The van der Waals surface area contributed by atoms with Crippen molar-refractivity contribution in [3.63, 3.8) is 0 Å². The predicted octanol–water partition coefficient (Wildman–Crippen LogP) is -0.756. The summed E-state index contributed by atoms with van der Waals surface area (Å²) in [4.78, 5) is 3.56. The Labute approximate surface area is 163 Å². The van der Waals surface area contributed by atoms with Crippen LogP contribution in [0.4, 0.5) is 12.9 Å². The molecular weight excluding hydrogens is 309 g/mol. The quantitative estimate of drug-likeness (QED) is 0.680. The Balaban J connectivity index is 0.00000220. The van der Waals surface area contributed by atoms with Gasteiger partial charge in [0.1, 0.15) is 12.4 Å². The molecule has 108 valence electrons. The Morgan fingerprint density at radius 3 is 2.57 bits per heavy atom. The van der Waals surface area contributed by atoms with E-state index in [1.54, 1.807) is 4.68 Å². The smallest absolute Gasteiger partial charge is 0.486 e. The van der Waals surface area contributed by atoms with Crippen molar-refractivity contribution in [2.24, 2.45) is 0 Å². The van der Waals surface area contributed by atoms with E-state index in [9.17, 15) is 12.9 Å². The van der Waals surface area contributed by atoms with Gasteiger partial charge >= 0.3 is 58.4 Å². The van der Waals surface area contributed by atoms with Gasteiger partial charge in [-0.1, -0.05) is 5.46 Å². The summed E-state index contributed by atoms with van der Waals surface area (Å²) in [7, 11) is 0. The van der Waals surface area contributed by atoms with E-state index in [-0.39, 0.29) is 63.7 Å². The average molecular weight is 323 g/mol. The summed E-state index contributed by atoms with van der Waals surface area (Å²) in [6.45, 7) is -0.443. The van der Waals surface area contributed by atoms with E-state index in [4.69, 9.17) is 4.74 Å². The van der Waals surface area contributed by atoms with Gasteiger partial charge in [-0.05, 0) is 26.0 Å². The molecule has 0 aromatic carbocycles. The second-order valence-electron chi connectivity index (χ2n) is 4.41. The van der Waals surface area contributed by atoms with Gasteiger partial charge in [-0.2, -0.15) is 5.10 Å². The molecule has 0 fully saturated rings. The van der Waals surface area contributed by atoms with Crippen molar-refractivity contribution < 1.29 is 69.1 Å². The Morgan fingerprint density at radius 1 is 1.24 bits per heavy atom. The molecule has 2 aromatic rings. The molecule has 21 heavy (non-hydrogen) atoms. The molecule has 0 unspecified atom stereocenters. The molecule has 0 N–H and O–H groups in total. The summed E-state index contributed by atoms with van der Waals surface area (Å²) in [5.74, 6) is 0.100. The fraction of sp³-hybridized carbons (Fsp3) is 0.333. The van der Waals surface area contributed by atoms with E-state index >= 15 is 0 Å². The van der Waals surface area contributed by atoms with Crippen LogP contribution in [0.3, 0.4) is 0 Å². The maximum absolute atomic E-state index is 12.6. The molecule has 0 atom stereocenters. The third kappa shape index (κ3) is 5.10. The minimum atomic E-state index is -5.06. The fourth-order valence-corrected chi connectivity index (χ4v) is 1.84. The van der Waals surface area contributed by atoms with Crippen LogP contribution in [0.25, 0.3) is 0 Å². The Hall–Kier alpha value is -0.349. The summed E-state index contributed by atoms with van der Waals surface area (Å²) in [5.41, 5.74) is 0.895. The van der Waals surface area contributed by atoms with Crippen molar-refractivity contribution in [3.05, 3.63) is 35.9 Å². The van der Waals surface area contributed by atoms with Crippen molar-refractivity contribution in [2.45, 2.75) is 27.0 Å². The largest absolute Gasteiger partial charge is 1.00 e. The van der Waals surface area contributed by atoms with Gasteiger partial charge in [-0.25, -0.2) is 0 Å². The minimum absolute atomic E-state index is 0. The third-order valence-corrected chi connectivity index (χ3v) is 2.78. The number of nitrogens with zero attached hydrogens (tertiary/aromatic N) is 3. The molecule has 0 saturated heterocycles. The molecule has 2 aromatic heterocycles. The second-order valence-corrected chi connectivity index (χ2v) is 4.41. The molecule has 0 aliphatic rings. The van der Waals surface area contributed by atoms with Gasteiger partial charge in [0.15, 0.2) is 0 Å². The predicted molar refractivity (Wildman–Crippen MR) is 69.9 cm³/mol. The van der Waals surface area contributed by atoms with Crippen LogP contribution < -0.4 is 61.6 Å². The first-order chi connectivity index (χ1) is 9.40. The van der Waals surface area contributed by atoms with Gasteiger partial charge in [-0.15, -0.1) is 0 Å². The number of rotatable bonds is 5. The van der Waals surface area contributed by atoms with Gasteiger partial charge in [-0.3, -0.25) is 9.67 Å². The molecule has 4 nitrogen and oxygen atoms in total. The van der Waals surface area contributed by atoms with Crippen molar-refractivity contribution in [1.82, 2.24) is 14.8 Å². The van der Waals surface area contributed by atoms with Gasteiger partial charge in [0, 0.05) is 12.7 Å². The molecule has 0 amide bonds. The average Bonchev–Trinajstić information content (AvgIpc) is 2.76. The molecule has 2 heterocycles. The molecule has 0 radical (unpaired) electrons. The molecular formula is C12H14BF3KN3O. The number of aryl methyl sites for hydroxylation is 2. The number of aromatic nitrogens is 3. The minimum Gasteiger partial charge on any atom is -0.486 e. The Morgan fingerprint density at radius 2 is 1.95 bits per heavy atom. The number of ether oxygens (including phenoxy) is 1. The summed E-state index contributed by atoms with van der Waals surface area (Å²) < 4.78 is 44.9. The van der Waals surface area contributed by atoms with E-state index < -0.39 is 12.4 Å². The monoisotopic (exact) mass is 323 g/mol. The van der Waals surface area contributed by atoms with E-state index in [2.05, 4.69) is 10.1 Å². The van der Waals surface area contributed by atoms with Crippen LogP contribution in [0.5, 0.6) is 5.75 Å². The Kier molecular flexibility index (Phi) is 6.92. The summed E-state index contributed by atoms with van der Waals surface area (Å²) in [6, 6.07) is 2.81. The molecule has 2 rings (SSSR count). The number of pyridine rings is 1. The topological polar surface area (TPSA) is 39.9 Å². The first-order valence-corrected chi connectivity index (χ1v) is 6.21. The first-order valence-electron chi connectivity index (χ1n) is 6.21. The standard InChI is InChI=1S/C12H14BF3N3O.K/c1-3-19-11(4-9(2)18-19)8-20-12-5-10(6-17-7-12)13(14,15)16;/h4-7H,3,8H2,1-2H3;/q-1;+1. The van der Waals surface area contributed by atoms with E-state index in [0.717, 1.165) is 23.7 Å². The summed E-state index contributed by atoms with van der Waals surface area (Å²) in [6.07, 6.45) is 2.07. The van der Waals surface area contributed by atoms with Crippen LogP contribution in [0, 0.1) is 6.92 Å². The normalized spacial score (nSPS) is 11.1. The first kappa shape index (κ1) is 18.7. The molecule has 0 aliphatic carbocycles. The molecule has 0 saturated carbocycles. The second kappa shape index (κ2) is 7.78. The number of hydrogen-bond acceptors (Lipinski definition) is 3. The maximum atomic E-state index is 12.6. The molecule has 0 aliphatic heterocycles. The van der Waals surface area contributed by atoms with Crippen LogP contribution in [0.15, 0.2) is 24.5 Å². The fourth-order valence-electron chi connectivity index (χ4n) is 1.84. The van der Waals surface area contributed by atoms with E-state index in [1.807, 2.05) is 19.9 Å². The van der Waals surface area contributed by atoms with Gasteiger partial charge in [0.2, 0.25) is 0 Å². The van der Waals surface area contributed by atoms with E-state index in [1.165, 1.54) is 6.20 Å². The number of hydrogen-bond donors (Lipinski definition) is 0. The summed E-state index contributed by atoms with van der Waals surface area (Å²) in [5, 5.41) is 4.24. The molecule has 0 bridgehead atoms. The van der Waals surface area contributed by atoms with Gasteiger partial charge in [0.25, 0.3) is 0 Å². The number of halogens is 3.